The van der Waals surface area contributed by atoms with E-state index < -0.39 is 0 Å². The Balaban J connectivity index is 2.44. The van der Waals surface area contributed by atoms with Gasteiger partial charge in [0.25, 0.3) is 0 Å². The first-order valence-corrected chi connectivity index (χ1v) is 5.43. The van der Waals surface area contributed by atoms with Crippen LogP contribution in [0.4, 0.5) is 0 Å². The molecule has 1 aromatic rings. The van der Waals surface area contributed by atoms with E-state index in [9.17, 15) is 0 Å². The van der Waals surface area contributed by atoms with E-state index in [0.717, 1.165) is 5.76 Å². The molecule has 0 radical (unpaired) electrons. The van der Waals surface area contributed by atoms with Crippen LogP contribution in [-0.2, 0) is 4.74 Å². The molecule has 1 aliphatic carbocycles. The van der Waals surface area contributed by atoms with E-state index in [1.807, 2.05) is 0 Å². The molecular weight excluding hydrogens is 180 g/mol. The van der Waals surface area contributed by atoms with E-state index in [4.69, 9.17) is 4.74 Å². The maximum absolute atomic E-state index is 5.44. The van der Waals surface area contributed by atoms with E-state index in [0.29, 0.717) is 0 Å². The van der Waals surface area contributed by atoms with E-state index in [1.165, 1.54) is 34.4 Å². The first kappa shape index (κ1) is 8.82. The van der Waals surface area contributed by atoms with Crippen molar-refractivity contribution in [1.29, 1.82) is 0 Å². The molecule has 2 heteroatoms. The van der Waals surface area contributed by atoms with Gasteiger partial charge in [-0.15, -0.1) is 11.3 Å². The molecule has 0 spiro atoms. The summed E-state index contributed by atoms with van der Waals surface area (Å²) in [4.78, 5) is 1.39. The van der Waals surface area contributed by atoms with Crippen molar-refractivity contribution < 1.29 is 4.74 Å². The first-order valence-electron chi connectivity index (χ1n) is 4.55. The smallest absolute Gasteiger partial charge is 0.126 e. The number of hydrogen-bond acceptors (Lipinski definition) is 2. The lowest BCUT2D eigenvalue weighted by molar-refractivity contribution is 0.368. The van der Waals surface area contributed by atoms with Crippen LogP contribution < -0.4 is 0 Å². The van der Waals surface area contributed by atoms with Crippen molar-refractivity contribution >= 4 is 17.1 Å². The van der Waals surface area contributed by atoms with Gasteiger partial charge < -0.3 is 4.74 Å². The summed E-state index contributed by atoms with van der Waals surface area (Å²) < 4.78 is 5.44. The van der Waals surface area contributed by atoms with Crippen LogP contribution >= 0.6 is 11.3 Å². The normalized spacial score (nSPS) is 14.5. The van der Waals surface area contributed by atoms with Gasteiger partial charge in [-0.1, -0.05) is 0 Å². The van der Waals surface area contributed by atoms with Crippen LogP contribution in [-0.4, -0.2) is 7.11 Å². The van der Waals surface area contributed by atoms with Gasteiger partial charge in [0, 0.05) is 15.8 Å². The number of aryl methyl sites for hydroxylation is 1. The van der Waals surface area contributed by atoms with Crippen LogP contribution in [0, 0.1) is 13.8 Å². The largest absolute Gasteiger partial charge is 0.496 e. The zero-order valence-corrected chi connectivity index (χ0v) is 9.12. The summed E-state index contributed by atoms with van der Waals surface area (Å²) in [6.07, 6.45) is 2.44. The standard InChI is InChI=1S/C11H14OS/c1-7-8(2)13-6-10(7)11(12-3)9-4-5-9/h6H,4-5H2,1-3H3. The summed E-state index contributed by atoms with van der Waals surface area (Å²) in [5, 5.41) is 2.20. The van der Waals surface area contributed by atoms with Gasteiger partial charge >= 0.3 is 0 Å². The van der Waals surface area contributed by atoms with Crippen molar-refractivity contribution in [2.45, 2.75) is 26.7 Å². The molecule has 1 aromatic heterocycles. The number of rotatable bonds is 2. The molecule has 1 heterocycles. The molecule has 1 fully saturated rings. The Morgan fingerprint density at radius 3 is 2.46 bits per heavy atom. The molecule has 0 aliphatic heterocycles. The highest BCUT2D eigenvalue weighted by Gasteiger charge is 2.21. The number of ether oxygens (including phenoxy) is 1. The van der Waals surface area contributed by atoms with Crippen LogP contribution in [0.1, 0.15) is 28.8 Å². The molecule has 0 unspecified atom stereocenters. The highest BCUT2D eigenvalue weighted by atomic mass is 32.1. The van der Waals surface area contributed by atoms with Crippen molar-refractivity contribution in [1.82, 2.24) is 0 Å². The van der Waals surface area contributed by atoms with Crippen LogP contribution in [0.15, 0.2) is 11.0 Å². The minimum atomic E-state index is 1.13. The van der Waals surface area contributed by atoms with Gasteiger partial charge in [0.15, 0.2) is 0 Å². The fraction of sp³-hybridized carbons (Fsp3) is 0.455. The van der Waals surface area contributed by atoms with Crippen LogP contribution in [0.5, 0.6) is 0 Å². The third kappa shape index (κ3) is 1.51. The molecule has 1 nitrogen and oxygen atoms in total. The molecular formula is C11H14OS. The Morgan fingerprint density at radius 1 is 1.38 bits per heavy atom. The fourth-order valence-electron chi connectivity index (χ4n) is 1.47. The van der Waals surface area contributed by atoms with Crippen molar-refractivity contribution in [2.75, 3.05) is 7.11 Å². The maximum atomic E-state index is 5.44. The second-order valence-corrected chi connectivity index (χ2v) is 4.55. The van der Waals surface area contributed by atoms with Crippen molar-refractivity contribution in [3.63, 3.8) is 0 Å². The van der Waals surface area contributed by atoms with Crippen molar-refractivity contribution in [3.8, 4) is 0 Å². The summed E-state index contributed by atoms with van der Waals surface area (Å²) >= 11 is 1.81. The zero-order valence-electron chi connectivity index (χ0n) is 8.31. The van der Waals surface area contributed by atoms with Crippen molar-refractivity contribution in [3.05, 3.63) is 27.0 Å². The van der Waals surface area contributed by atoms with Gasteiger partial charge in [-0.05, 0) is 37.8 Å². The first-order chi connectivity index (χ1) is 6.24. The Hall–Kier alpha value is -0.760. The third-order valence-electron chi connectivity index (χ3n) is 2.56. The summed E-state index contributed by atoms with van der Waals surface area (Å²) in [6, 6.07) is 0. The van der Waals surface area contributed by atoms with E-state index in [1.54, 1.807) is 18.4 Å². The minimum Gasteiger partial charge on any atom is -0.496 e. The third-order valence-corrected chi connectivity index (χ3v) is 3.57. The van der Waals surface area contributed by atoms with Gasteiger partial charge in [-0.2, -0.15) is 0 Å². The van der Waals surface area contributed by atoms with Gasteiger partial charge in [0.2, 0.25) is 0 Å². The monoisotopic (exact) mass is 194 g/mol. The maximum Gasteiger partial charge on any atom is 0.126 e. The van der Waals surface area contributed by atoms with Crippen LogP contribution in [0.3, 0.4) is 0 Å². The van der Waals surface area contributed by atoms with E-state index in [2.05, 4.69) is 19.2 Å². The van der Waals surface area contributed by atoms with E-state index in [-0.39, 0.29) is 0 Å². The van der Waals surface area contributed by atoms with E-state index >= 15 is 0 Å². The van der Waals surface area contributed by atoms with Gasteiger partial charge in [-0.3, -0.25) is 0 Å². The number of methoxy groups -OCH3 is 1. The molecule has 0 N–H and O–H groups in total. The molecule has 0 bridgehead atoms. The lowest BCUT2D eigenvalue weighted by Crippen LogP contribution is -1.87. The Bertz CT molecular complexity index is 354. The van der Waals surface area contributed by atoms with Crippen molar-refractivity contribution in [2.24, 2.45) is 0 Å². The molecule has 2 rings (SSSR count). The zero-order chi connectivity index (χ0) is 9.42. The Morgan fingerprint density at radius 2 is 2.08 bits per heavy atom. The molecule has 1 aliphatic rings. The minimum absolute atomic E-state index is 1.13. The molecule has 0 atom stereocenters. The number of thiophene rings is 1. The highest BCUT2D eigenvalue weighted by Crippen LogP contribution is 2.39. The number of hydrogen-bond donors (Lipinski definition) is 0. The molecule has 0 saturated heterocycles. The van der Waals surface area contributed by atoms with Gasteiger partial charge in [-0.25, -0.2) is 0 Å². The number of allylic oxidation sites excluding steroid dienone is 1. The lowest BCUT2D eigenvalue weighted by atomic mass is 10.1. The molecule has 0 aromatic carbocycles. The molecule has 13 heavy (non-hydrogen) atoms. The topological polar surface area (TPSA) is 9.23 Å². The van der Waals surface area contributed by atoms with Gasteiger partial charge in [0.1, 0.15) is 5.76 Å². The predicted octanol–water partition coefficient (Wildman–Crippen LogP) is 3.52. The average Bonchev–Trinajstić information content (AvgIpc) is 2.89. The second-order valence-electron chi connectivity index (χ2n) is 3.47. The molecule has 70 valence electrons. The second kappa shape index (κ2) is 3.18. The predicted molar refractivity (Wildman–Crippen MR) is 57.0 cm³/mol. The quantitative estimate of drug-likeness (QED) is 0.654. The summed E-state index contributed by atoms with van der Waals surface area (Å²) in [7, 11) is 1.77. The molecule has 1 saturated carbocycles. The lowest BCUT2D eigenvalue weighted by Gasteiger charge is -2.04. The average molecular weight is 194 g/mol. The summed E-state index contributed by atoms with van der Waals surface area (Å²) in [6.45, 7) is 4.33. The fourth-order valence-corrected chi connectivity index (χ4v) is 2.34. The van der Waals surface area contributed by atoms with Crippen LogP contribution in [0.25, 0.3) is 5.76 Å². The summed E-state index contributed by atoms with van der Waals surface area (Å²) in [5.74, 6) is 1.13. The summed E-state index contributed by atoms with van der Waals surface area (Å²) in [5.41, 5.74) is 4.15. The highest BCUT2D eigenvalue weighted by molar-refractivity contribution is 7.10. The van der Waals surface area contributed by atoms with Gasteiger partial charge in [0.05, 0.1) is 7.11 Å². The SMILES string of the molecule is COC(=C1CC1)c1csc(C)c1C. The Kier molecular flexibility index (Phi) is 2.16. The Labute approximate surface area is 83.0 Å². The molecule has 0 amide bonds. The van der Waals surface area contributed by atoms with Crippen LogP contribution in [0.2, 0.25) is 0 Å².